The van der Waals surface area contributed by atoms with Gasteiger partial charge in [-0.3, -0.25) is 19.2 Å². The van der Waals surface area contributed by atoms with Crippen LogP contribution >= 0.6 is 0 Å². The molecule has 0 saturated carbocycles. The highest BCUT2D eigenvalue weighted by atomic mass is 16.6. The Morgan fingerprint density at radius 3 is 1.05 bits per heavy atom. The number of methoxy groups -OCH3 is 1. The molecule has 2 N–H and O–H groups in total. The highest BCUT2D eigenvalue weighted by Crippen LogP contribution is 2.12. The number of ether oxygens (including phenoxy) is 7. The summed E-state index contributed by atoms with van der Waals surface area (Å²) < 4.78 is 34.2. The SMILES string of the molecule is C=C(C)C(=O)OCCCCC(=O)O.C=C(C)C(=O)OCCCCC(=O)O.C=C(C)C(=O)OCCCCC(=O)OC.C=C(C)C(=O)OCCCCC(=O)OC1CCOCC1. The molecule has 0 aromatic carbocycles. The molecule has 1 rings (SSSR count). The number of unbranched alkanes of at least 4 members (excludes halogenated alkanes) is 4. The van der Waals surface area contributed by atoms with Crippen molar-refractivity contribution in [3.63, 3.8) is 0 Å². The zero-order valence-corrected chi connectivity index (χ0v) is 35.6. The minimum Gasteiger partial charge on any atom is -0.481 e. The van der Waals surface area contributed by atoms with Crippen molar-refractivity contribution in [3.8, 4) is 0 Å². The number of carboxylic acid groups (broad SMARTS) is 2. The van der Waals surface area contributed by atoms with Crippen molar-refractivity contribution >= 4 is 47.8 Å². The normalized spacial score (nSPS) is 11.4. The largest absolute Gasteiger partial charge is 0.481 e. The van der Waals surface area contributed by atoms with Gasteiger partial charge in [-0.2, -0.15) is 0 Å². The number of carboxylic acids is 2. The zero-order chi connectivity index (χ0) is 45.6. The smallest absolute Gasteiger partial charge is 0.333 e. The maximum atomic E-state index is 11.5. The first-order chi connectivity index (χ1) is 27.7. The molecule has 1 saturated heterocycles. The fourth-order valence-corrected chi connectivity index (χ4v) is 3.79. The Bertz CT molecular complexity index is 1310. The van der Waals surface area contributed by atoms with Crippen molar-refractivity contribution in [2.24, 2.45) is 0 Å². The first-order valence-electron chi connectivity index (χ1n) is 19.3. The molecule has 0 radical (unpaired) electrons. The summed E-state index contributed by atoms with van der Waals surface area (Å²) in [6.45, 7) is 22.6. The van der Waals surface area contributed by atoms with E-state index in [-0.39, 0.29) is 56.0 Å². The molecule has 1 heterocycles. The van der Waals surface area contributed by atoms with Gasteiger partial charge in [0.05, 0.1) is 46.8 Å². The average molecular weight is 843 g/mol. The van der Waals surface area contributed by atoms with Crippen LogP contribution in [0.5, 0.6) is 0 Å². The van der Waals surface area contributed by atoms with Crippen molar-refractivity contribution in [2.45, 2.75) is 124 Å². The molecule has 0 bridgehead atoms. The van der Waals surface area contributed by atoms with Crippen LogP contribution in [0.25, 0.3) is 0 Å². The third kappa shape index (κ3) is 42.1. The number of carbonyl (C=O) groups is 8. The second-order valence-electron chi connectivity index (χ2n) is 13.2. The molecule has 0 spiro atoms. The number of rotatable bonds is 25. The molecular formula is C42H66O17. The van der Waals surface area contributed by atoms with Crippen molar-refractivity contribution in [3.05, 3.63) is 48.6 Å². The van der Waals surface area contributed by atoms with Gasteiger partial charge in [-0.05, 0) is 79.1 Å². The van der Waals surface area contributed by atoms with E-state index in [1.165, 1.54) is 7.11 Å². The van der Waals surface area contributed by atoms with E-state index in [2.05, 4.69) is 31.1 Å². The Morgan fingerprint density at radius 1 is 0.492 bits per heavy atom. The quantitative estimate of drug-likeness (QED) is 0.0452. The number of hydrogen-bond acceptors (Lipinski definition) is 15. The molecule has 336 valence electrons. The molecule has 0 aromatic rings. The van der Waals surface area contributed by atoms with Crippen molar-refractivity contribution in [2.75, 3.05) is 46.8 Å². The molecule has 0 aromatic heterocycles. The summed E-state index contributed by atoms with van der Waals surface area (Å²) in [5, 5.41) is 16.6. The lowest BCUT2D eigenvalue weighted by Crippen LogP contribution is -2.26. The lowest BCUT2D eigenvalue weighted by atomic mass is 10.1. The Balaban J connectivity index is -0.000000720. The number of carbonyl (C=O) groups excluding carboxylic acids is 6. The molecule has 0 unspecified atom stereocenters. The summed E-state index contributed by atoms with van der Waals surface area (Å²) in [6, 6.07) is 0. The van der Waals surface area contributed by atoms with Crippen LogP contribution in [0.3, 0.4) is 0 Å². The van der Waals surface area contributed by atoms with Crippen LogP contribution in [0, 0.1) is 0 Å². The van der Waals surface area contributed by atoms with Crippen molar-refractivity contribution < 1.29 is 81.7 Å². The van der Waals surface area contributed by atoms with Gasteiger partial charge in [-0.25, -0.2) is 19.2 Å². The Kier molecular flexibility index (Phi) is 37.6. The molecule has 1 aliphatic heterocycles. The maximum Gasteiger partial charge on any atom is 0.333 e. The molecule has 1 aliphatic rings. The minimum atomic E-state index is -0.828. The monoisotopic (exact) mass is 842 g/mol. The van der Waals surface area contributed by atoms with Crippen molar-refractivity contribution in [1.82, 2.24) is 0 Å². The van der Waals surface area contributed by atoms with Gasteiger partial charge in [0.1, 0.15) is 6.10 Å². The predicted octanol–water partition coefficient (Wildman–Crippen LogP) is 6.17. The van der Waals surface area contributed by atoms with Crippen LogP contribution in [0.4, 0.5) is 0 Å². The van der Waals surface area contributed by atoms with Gasteiger partial charge in [-0.1, -0.05) is 26.3 Å². The van der Waals surface area contributed by atoms with E-state index in [0.717, 1.165) is 12.8 Å². The number of hydrogen-bond donors (Lipinski definition) is 2. The summed E-state index contributed by atoms with van der Waals surface area (Å²) in [5.41, 5.74) is 1.49. The number of aliphatic carboxylic acids is 2. The number of esters is 6. The van der Waals surface area contributed by atoms with Gasteiger partial charge in [0.25, 0.3) is 0 Å². The molecular weight excluding hydrogens is 776 g/mol. The molecule has 0 aliphatic carbocycles. The van der Waals surface area contributed by atoms with E-state index in [1.54, 1.807) is 27.7 Å². The Morgan fingerprint density at radius 2 is 0.780 bits per heavy atom. The van der Waals surface area contributed by atoms with Crippen LogP contribution in [0.15, 0.2) is 48.6 Å². The standard InChI is InChI=1S/C14H22O5.C10H16O4.2C9H14O4/c1-11(2)14(16)18-8-4-3-5-13(15)19-12-6-9-17-10-7-12;1-8(2)10(12)14-7-5-4-6-9(11)13-3;2*1-7(2)9(12)13-6-4-3-5-8(10)11/h12H,1,3-10H2,2H3;1,4-7H2,2-3H3;2*1,3-6H2,2H3,(H,10,11). The lowest BCUT2D eigenvalue weighted by Gasteiger charge is -2.22. The first kappa shape index (κ1) is 58.0. The molecule has 59 heavy (non-hydrogen) atoms. The molecule has 0 amide bonds. The zero-order valence-electron chi connectivity index (χ0n) is 35.6. The van der Waals surface area contributed by atoms with E-state index in [4.69, 9.17) is 38.6 Å². The van der Waals surface area contributed by atoms with E-state index < -0.39 is 23.9 Å². The summed E-state index contributed by atoms with van der Waals surface area (Å²) >= 11 is 0. The molecule has 0 atom stereocenters. The van der Waals surface area contributed by atoms with Gasteiger partial charge in [0.15, 0.2) is 0 Å². The van der Waals surface area contributed by atoms with Crippen LogP contribution in [0.2, 0.25) is 0 Å². The van der Waals surface area contributed by atoms with Gasteiger partial charge < -0.3 is 43.4 Å². The predicted molar refractivity (Wildman–Crippen MR) is 216 cm³/mol. The third-order valence-electron chi connectivity index (χ3n) is 7.14. The maximum absolute atomic E-state index is 11.5. The highest BCUT2D eigenvalue weighted by molar-refractivity contribution is 5.88. The molecule has 17 heteroatoms. The van der Waals surface area contributed by atoms with Crippen LogP contribution in [0.1, 0.15) is 118 Å². The van der Waals surface area contributed by atoms with Crippen LogP contribution in [-0.4, -0.2) is 111 Å². The summed E-state index contributed by atoms with van der Waals surface area (Å²) in [5.74, 6) is -3.69. The summed E-state index contributed by atoms with van der Waals surface area (Å²) in [6.07, 6.45) is 7.36. The van der Waals surface area contributed by atoms with E-state index >= 15 is 0 Å². The minimum absolute atomic E-state index is 0.00231. The van der Waals surface area contributed by atoms with Crippen LogP contribution < -0.4 is 0 Å². The van der Waals surface area contributed by atoms with Gasteiger partial charge in [0.2, 0.25) is 0 Å². The third-order valence-corrected chi connectivity index (χ3v) is 7.14. The fourth-order valence-electron chi connectivity index (χ4n) is 3.79. The summed E-state index contributed by atoms with van der Waals surface area (Å²) in [4.78, 5) is 85.9. The average Bonchev–Trinajstić information content (AvgIpc) is 3.17. The van der Waals surface area contributed by atoms with E-state index in [0.29, 0.717) is 113 Å². The first-order valence-corrected chi connectivity index (χ1v) is 19.3. The van der Waals surface area contributed by atoms with E-state index in [1.807, 2.05) is 0 Å². The van der Waals surface area contributed by atoms with E-state index in [9.17, 15) is 38.4 Å². The molecule has 1 fully saturated rings. The fraction of sp³-hybridized carbons (Fsp3) is 0.619. The van der Waals surface area contributed by atoms with Gasteiger partial charge in [0, 0.05) is 60.8 Å². The van der Waals surface area contributed by atoms with Crippen molar-refractivity contribution in [1.29, 1.82) is 0 Å². The Hall–Kier alpha value is -5.32. The molecule has 17 nitrogen and oxygen atoms in total. The topological polar surface area (TPSA) is 242 Å². The van der Waals surface area contributed by atoms with Gasteiger partial charge in [-0.15, -0.1) is 0 Å². The van der Waals surface area contributed by atoms with Gasteiger partial charge >= 0.3 is 47.8 Å². The lowest BCUT2D eigenvalue weighted by molar-refractivity contribution is -0.153. The second-order valence-corrected chi connectivity index (χ2v) is 13.2. The second kappa shape index (κ2) is 38.2. The van der Waals surface area contributed by atoms with Crippen LogP contribution in [-0.2, 0) is 71.5 Å². The summed E-state index contributed by atoms with van der Waals surface area (Å²) in [7, 11) is 1.35. The Labute approximate surface area is 348 Å². The highest BCUT2D eigenvalue weighted by Gasteiger charge is 2.17.